The van der Waals surface area contributed by atoms with Crippen molar-refractivity contribution < 1.29 is 42.1 Å². The second kappa shape index (κ2) is 10.5. The standard InChI is InChI=1S/C13H25O9P/c1-9(2)21-12(14)17-7-19-23(16,11(5)6)20-8-18-13(15)22-10(3)4/h9-11H,7-8H2,1-6H3. The van der Waals surface area contributed by atoms with Crippen LogP contribution in [0.2, 0.25) is 0 Å². The molecule has 0 aromatic heterocycles. The molecular formula is C13H25O9P. The van der Waals surface area contributed by atoms with Crippen LogP contribution in [0.5, 0.6) is 0 Å². The van der Waals surface area contributed by atoms with Crippen molar-refractivity contribution in [2.75, 3.05) is 13.6 Å². The highest BCUT2D eigenvalue weighted by molar-refractivity contribution is 7.54. The normalized spacial score (nSPS) is 11.7. The number of hydrogen-bond donors (Lipinski definition) is 0. The predicted octanol–water partition coefficient (Wildman–Crippen LogP) is 3.66. The maximum Gasteiger partial charge on any atom is 0.510 e. The zero-order chi connectivity index (χ0) is 18.0. The summed E-state index contributed by atoms with van der Waals surface area (Å²) in [4.78, 5) is 22.3. The number of carbonyl (C=O) groups is 2. The first kappa shape index (κ1) is 21.7. The van der Waals surface area contributed by atoms with Crippen LogP contribution in [0.4, 0.5) is 9.59 Å². The van der Waals surface area contributed by atoms with Crippen molar-refractivity contribution in [3.05, 3.63) is 0 Å². The van der Waals surface area contributed by atoms with Crippen molar-refractivity contribution >= 4 is 19.9 Å². The van der Waals surface area contributed by atoms with Crippen molar-refractivity contribution in [2.45, 2.75) is 59.4 Å². The topological polar surface area (TPSA) is 107 Å². The molecule has 0 aliphatic carbocycles. The molecule has 0 amide bonds. The summed E-state index contributed by atoms with van der Waals surface area (Å²) >= 11 is 0. The molecule has 0 bridgehead atoms. The van der Waals surface area contributed by atoms with Gasteiger partial charge in [0.1, 0.15) is 0 Å². The second-order valence-electron chi connectivity index (χ2n) is 5.25. The molecule has 0 saturated carbocycles. The molecule has 0 fully saturated rings. The van der Waals surface area contributed by atoms with E-state index in [0.29, 0.717) is 0 Å². The Morgan fingerprint density at radius 1 is 0.783 bits per heavy atom. The number of rotatable bonds is 9. The minimum Gasteiger partial charge on any atom is -0.432 e. The van der Waals surface area contributed by atoms with Gasteiger partial charge in [-0.15, -0.1) is 0 Å². The van der Waals surface area contributed by atoms with Crippen LogP contribution in [0.15, 0.2) is 0 Å². The van der Waals surface area contributed by atoms with Crippen LogP contribution in [0.1, 0.15) is 41.5 Å². The summed E-state index contributed by atoms with van der Waals surface area (Å²) < 4.78 is 41.0. The molecule has 0 atom stereocenters. The van der Waals surface area contributed by atoms with E-state index in [0.717, 1.165) is 0 Å². The first-order valence-electron chi connectivity index (χ1n) is 7.12. The van der Waals surface area contributed by atoms with Gasteiger partial charge in [0.2, 0.25) is 13.6 Å². The van der Waals surface area contributed by atoms with Crippen LogP contribution >= 0.6 is 7.60 Å². The third kappa shape index (κ3) is 10.1. The van der Waals surface area contributed by atoms with Gasteiger partial charge >= 0.3 is 19.9 Å². The van der Waals surface area contributed by atoms with Crippen LogP contribution in [-0.2, 0) is 32.6 Å². The van der Waals surface area contributed by atoms with Gasteiger partial charge in [-0.05, 0) is 27.7 Å². The maximum atomic E-state index is 12.4. The molecule has 136 valence electrons. The van der Waals surface area contributed by atoms with Crippen molar-refractivity contribution in [2.24, 2.45) is 0 Å². The van der Waals surface area contributed by atoms with E-state index in [1.165, 1.54) is 0 Å². The fourth-order valence-electron chi connectivity index (χ4n) is 1.08. The van der Waals surface area contributed by atoms with Crippen molar-refractivity contribution in [3.63, 3.8) is 0 Å². The highest BCUT2D eigenvalue weighted by Crippen LogP contribution is 2.52. The van der Waals surface area contributed by atoms with E-state index in [-0.39, 0.29) is 12.2 Å². The molecule has 23 heavy (non-hydrogen) atoms. The van der Waals surface area contributed by atoms with Gasteiger partial charge in [0.15, 0.2) is 0 Å². The Morgan fingerprint density at radius 2 is 1.13 bits per heavy atom. The summed E-state index contributed by atoms with van der Waals surface area (Å²) in [5.41, 5.74) is -0.545. The van der Waals surface area contributed by atoms with Gasteiger partial charge in [-0.1, -0.05) is 13.8 Å². The monoisotopic (exact) mass is 356 g/mol. The first-order valence-corrected chi connectivity index (χ1v) is 8.73. The molecule has 9 nitrogen and oxygen atoms in total. The quantitative estimate of drug-likeness (QED) is 0.347. The van der Waals surface area contributed by atoms with Crippen LogP contribution in [0.25, 0.3) is 0 Å². The Bertz CT molecular complexity index is 388. The molecule has 0 saturated heterocycles. The van der Waals surface area contributed by atoms with Gasteiger partial charge in [0.05, 0.1) is 17.9 Å². The Balaban J connectivity index is 4.28. The maximum absolute atomic E-state index is 12.4. The summed E-state index contributed by atoms with van der Waals surface area (Å²) in [6, 6.07) is 0. The lowest BCUT2D eigenvalue weighted by atomic mass is 10.5. The molecule has 0 aromatic carbocycles. The summed E-state index contributed by atoms with van der Waals surface area (Å²) in [5.74, 6) is 0. The molecule has 0 rings (SSSR count). The van der Waals surface area contributed by atoms with Gasteiger partial charge in [-0.3, -0.25) is 13.6 Å². The van der Waals surface area contributed by atoms with E-state index < -0.39 is 39.2 Å². The Hall–Kier alpha value is -1.31. The molecule has 0 unspecified atom stereocenters. The van der Waals surface area contributed by atoms with Gasteiger partial charge in [0.25, 0.3) is 0 Å². The summed E-state index contributed by atoms with van der Waals surface area (Å²) in [6.07, 6.45) is -2.61. The largest absolute Gasteiger partial charge is 0.510 e. The van der Waals surface area contributed by atoms with Crippen molar-refractivity contribution in [3.8, 4) is 0 Å². The summed E-state index contributed by atoms with van der Waals surface area (Å²) in [6.45, 7) is 8.54. The van der Waals surface area contributed by atoms with Gasteiger partial charge < -0.3 is 18.9 Å². The molecular weight excluding hydrogens is 331 g/mol. The van der Waals surface area contributed by atoms with E-state index in [9.17, 15) is 14.2 Å². The van der Waals surface area contributed by atoms with E-state index in [1.54, 1.807) is 41.5 Å². The number of carbonyl (C=O) groups excluding carboxylic acids is 2. The van der Waals surface area contributed by atoms with E-state index in [2.05, 4.69) is 9.47 Å². The fourth-order valence-corrected chi connectivity index (χ4v) is 2.15. The fraction of sp³-hybridized carbons (Fsp3) is 0.846. The third-order valence-corrected chi connectivity index (χ3v) is 4.31. The zero-order valence-corrected chi connectivity index (χ0v) is 15.2. The van der Waals surface area contributed by atoms with E-state index in [4.69, 9.17) is 18.5 Å². The highest BCUT2D eigenvalue weighted by atomic mass is 31.2. The Labute approximate surface area is 136 Å². The average molecular weight is 356 g/mol. The van der Waals surface area contributed by atoms with E-state index in [1.807, 2.05) is 0 Å². The molecule has 0 heterocycles. The van der Waals surface area contributed by atoms with Gasteiger partial charge in [-0.2, -0.15) is 0 Å². The Morgan fingerprint density at radius 3 is 1.39 bits per heavy atom. The third-order valence-electron chi connectivity index (χ3n) is 2.12. The summed E-state index contributed by atoms with van der Waals surface area (Å²) in [5, 5.41) is 0. The lowest BCUT2D eigenvalue weighted by Gasteiger charge is -2.21. The van der Waals surface area contributed by atoms with Crippen molar-refractivity contribution in [1.29, 1.82) is 0 Å². The molecule has 0 spiro atoms. The SMILES string of the molecule is CC(C)OC(=O)OCOP(=O)(OCOC(=O)OC(C)C)C(C)C. The smallest absolute Gasteiger partial charge is 0.432 e. The predicted molar refractivity (Wildman–Crippen MR) is 80.1 cm³/mol. The van der Waals surface area contributed by atoms with E-state index >= 15 is 0 Å². The van der Waals surface area contributed by atoms with Crippen LogP contribution in [-0.4, -0.2) is 43.8 Å². The van der Waals surface area contributed by atoms with Crippen LogP contribution in [0, 0.1) is 0 Å². The van der Waals surface area contributed by atoms with Crippen LogP contribution < -0.4 is 0 Å². The van der Waals surface area contributed by atoms with Crippen LogP contribution in [0.3, 0.4) is 0 Å². The number of hydrogen-bond acceptors (Lipinski definition) is 9. The average Bonchev–Trinajstić information content (AvgIpc) is 2.36. The minimum absolute atomic E-state index is 0.351. The van der Waals surface area contributed by atoms with Gasteiger partial charge in [-0.25, -0.2) is 9.59 Å². The molecule has 0 aromatic rings. The lowest BCUT2D eigenvalue weighted by molar-refractivity contribution is -0.0311. The lowest BCUT2D eigenvalue weighted by Crippen LogP contribution is -2.18. The summed E-state index contributed by atoms with van der Waals surface area (Å²) in [7, 11) is -3.64. The minimum atomic E-state index is -3.64. The molecule has 0 N–H and O–H groups in total. The molecule has 10 heteroatoms. The first-order chi connectivity index (χ1) is 10.6. The molecule has 0 radical (unpaired) electrons. The highest BCUT2D eigenvalue weighted by Gasteiger charge is 2.31. The van der Waals surface area contributed by atoms with Crippen molar-refractivity contribution in [1.82, 2.24) is 0 Å². The Kier molecular flexibility index (Phi) is 9.87. The number of ether oxygens (including phenoxy) is 4. The molecule has 0 aliphatic heterocycles. The molecule has 0 aliphatic rings. The van der Waals surface area contributed by atoms with Gasteiger partial charge in [0, 0.05) is 0 Å². The second-order valence-corrected chi connectivity index (χ2v) is 7.88. The zero-order valence-electron chi connectivity index (χ0n) is 14.3.